The number of aromatic nitrogens is 1. The Labute approximate surface area is 151 Å². The molecule has 1 aromatic heterocycles. The lowest BCUT2D eigenvalue weighted by Gasteiger charge is -2.16. The number of nitrogens with one attached hydrogen (secondary N) is 1. The van der Waals surface area contributed by atoms with Gasteiger partial charge in [0.2, 0.25) is 0 Å². The van der Waals surface area contributed by atoms with Crippen molar-refractivity contribution in [2.24, 2.45) is 0 Å². The standard InChI is InChI=1S/C19H12FN3O4/c20-10-6-7-14(27-11-4-2-1-3-5-11)13(8-10)23-15(24)9-12-16(17(23)21)19(26)22-18(12)25/h1-9H,21H2,(H,22,25,26). The molecule has 3 aromatic rings. The van der Waals surface area contributed by atoms with Crippen molar-refractivity contribution in [3.8, 4) is 17.2 Å². The molecular weight excluding hydrogens is 353 g/mol. The number of carbonyl (C=O) groups is 2. The average molecular weight is 365 g/mol. The number of imide groups is 1. The Morgan fingerprint density at radius 2 is 1.70 bits per heavy atom. The minimum Gasteiger partial charge on any atom is -0.455 e. The van der Waals surface area contributed by atoms with E-state index in [0.717, 1.165) is 16.7 Å². The highest BCUT2D eigenvalue weighted by molar-refractivity contribution is 6.23. The first kappa shape index (κ1) is 16.5. The molecule has 0 saturated carbocycles. The average Bonchev–Trinajstić information content (AvgIpc) is 2.92. The number of ether oxygens (including phenoxy) is 1. The van der Waals surface area contributed by atoms with Crippen LogP contribution in [0.25, 0.3) is 5.69 Å². The lowest BCUT2D eigenvalue weighted by atomic mass is 10.1. The van der Waals surface area contributed by atoms with Crippen LogP contribution in [0, 0.1) is 5.82 Å². The summed E-state index contributed by atoms with van der Waals surface area (Å²) in [6, 6.07) is 13.3. The van der Waals surface area contributed by atoms with Crippen LogP contribution in [0.3, 0.4) is 0 Å². The van der Waals surface area contributed by atoms with Gasteiger partial charge in [-0.3, -0.25) is 24.3 Å². The van der Waals surface area contributed by atoms with Gasteiger partial charge in [0.05, 0.1) is 16.8 Å². The summed E-state index contributed by atoms with van der Waals surface area (Å²) >= 11 is 0. The maximum absolute atomic E-state index is 13.9. The summed E-state index contributed by atoms with van der Waals surface area (Å²) in [5, 5.41) is 2.08. The van der Waals surface area contributed by atoms with Crippen molar-refractivity contribution >= 4 is 17.6 Å². The summed E-state index contributed by atoms with van der Waals surface area (Å²) < 4.78 is 20.6. The van der Waals surface area contributed by atoms with Gasteiger partial charge >= 0.3 is 0 Å². The van der Waals surface area contributed by atoms with Gasteiger partial charge in [0.1, 0.15) is 17.4 Å². The predicted octanol–water partition coefficient (Wildman–Crippen LogP) is 2.23. The number of hydrogen-bond donors (Lipinski definition) is 2. The summed E-state index contributed by atoms with van der Waals surface area (Å²) in [7, 11) is 0. The number of amides is 2. The molecule has 7 nitrogen and oxygen atoms in total. The number of benzene rings is 2. The number of para-hydroxylation sites is 1. The normalized spacial score (nSPS) is 12.6. The van der Waals surface area contributed by atoms with E-state index in [1.165, 1.54) is 12.1 Å². The van der Waals surface area contributed by atoms with Gasteiger partial charge in [0.15, 0.2) is 5.75 Å². The second-order valence-electron chi connectivity index (χ2n) is 5.80. The number of anilines is 1. The van der Waals surface area contributed by atoms with Crippen LogP contribution in [0.1, 0.15) is 20.7 Å². The van der Waals surface area contributed by atoms with Gasteiger partial charge in [0.25, 0.3) is 17.4 Å². The second kappa shape index (κ2) is 6.10. The molecule has 2 aromatic carbocycles. The number of nitrogens with zero attached hydrogens (tertiary/aromatic N) is 1. The summed E-state index contributed by atoms with van der Waals surface area (Å²) in [5.41, 5.74) is 5.08. The van der Waals surface area contributed by atoms with E-state index in [9.17, 15) is 18.8 Å². The van der Waals surface area contributed by atoms with E-state index >= 15 is 0 Å². The summed E-state index contributed by atoms with van der Waals surface area (Å²) in [6.07, 6.45) is 0. The Morgan fingerprint density at radius 1 is 0.963 bits per heavy atom. The Morgan fingerprint density at radius 3 is 2.44 bits per heavy atom. The maximum Gasteiger partial charge on any atom is 0.262 e. The molecule has 27 heavy (non-hydrogen) atoms. The van der Waals surface area contributed by atoms with E-state index in [-0.39, 0.29) is 28.4 Å². The molecule has 2 amide bonds. The van der Waals surface area contributed by atoms with Crippen LogP contribution >= 0.6 is 0 Å². The van der Waals surface area contributed by atoms with Crippen LogP contribution < -0.4 is 21.3 Å². The van der Waals surface area contributed by atoms with Crippen LogP contribution in [0.15, 0.2) is 59.4 Å². The zero-order valence-corrected chi connectivity index (χ0v) is 13.7. The maximum atomic E-state index is 13.9. The van der Waals surface area contributed by atoms with Gasteiger partial charge in [-0.05, 0) is 24.3 Å². The van der Waals surface area contributed by atoms with Gasteiger partial charge in [-0.1, -0.05) is 18.2 Å². The molecule has 3 N–H and O–H groups in total. The van der Waals surface area contributed by atoms with E-state index in [1.54, 1.807) is 30.3 Å². The largest absolute Gasteiger partial charge is 0.455 e. The lowest BCUT2D eigenvalue weighted by molar-refractivity contribution is 0.0880. The van der Waals surface area contributed by atoms with Gasteiger partial charge in [0, 0.05) is 12.1 Å². The second-order valence-corrected chi connectivity index (χ2v) is 5.80. The zero-order chi connectivity index (χ0) is 19.1. The molecule has 1 aliphatic heterocycles. The third-order valence-electron chi connectivity index (χ3n) is 4.09. The van der Waals surface area contributed by atoms with Gasteiger partial charge in [-0.2, -0.15) is 0 Å². The van der Waals surface area contributed by atoms with E-state index in [1.807, 2.05) is 0 Å². The number of nitrogens with two attached hydrogens (primary N) is 1. The zero-order valence-electron chi connectivity index (χ0n) is 13.7. The van der Waals surface area contributed by atoms with Gasteiger partial charge < -0.3 is 10.5 Å². The van der Waals surface area contributed by atoms with Crippen LogP contribution in [-0.4, -0.2) is 16.4 Å². The highest BCUT2D eigenvalue weighted by Gasteiger charge is 2.32. The molecule has 1 aliphatic rings. The predicted molar refractivity (Wildman–Crippen MR) is 94.7 cm³/mol. The third kappa shape index (κ3) is 2.73. The summed E-state index contributed by atoms with van der Waals surface area (Å²) in [6.45, 7) is 0. The van der Waals surface area contributed by atoms with Crippen molar-refractivity contribution < 1.29 is 18.7 Å². The van der Waals surface area contributed by atoms with Crippen molar-refractivity contribution in [2.75, 3.05) is 5.73 Å². The Hall–Kier alpha value is -3.94. The quantitative estimate of drug-likeness (QED) is 0.693. The number of nitrogen functional groups attached to an aromatic ring is 1. The summed E-state index contributed by atoms with van der Waals surface area (Å²) in [5.74, 6) is -1.71. The van der Waals surface area contributed by atoms with Crippen LogP contribution in [0.5, 0.6) is 11.5 Å². The molecule has 0 unspecified atom stereocenters. The molecule has 0 saturated heterocycles. The van der Waals surface area contributed by atoms with E-state index in [2.05, 4.69) is 5.32 Å². The van der Waals surface area contributed by atoms with Crippen molar-refractivity contribution in [3.63, 3.8) is 0 Å². The molecule has 134 valence electrons. The smallest absolute Gasteiger partial charge is 0.262 e. The Bertz CT molecular complexity index is 1160. The molecule has 8 heteroatoms. The number of fused-ring (bicyclic) bond motifs is 1. The van der Waals surface area contributed by atoms with Crippen LogP contribution in [0.2, 0.25) is 0 Å². The molecular formula is C19H12FN3O4. The number of halogens is 1. The molecule has 0 fully saturated rings. The monoisotopic (exact) mass is 365 g/mol. The topological polar surface area (TPSA) is 103 Å². The fourth-order valence-electron chi connectivity index (χ4n) is 2.89. The molecule has 0 atom stereocenters. The molecule has 0 bridgehead atoms. The SMILES string of the molecule is Nc1c2c(cc(=O)n1-c1cc(F)ccc1Oc1ccccc1)C(=O)NC2=O. The molecule has 0 aliphatic carbocycles. The number of rotatable bonds is 3. The lowest BCUT2D eigenvalue weighted by Crippen LogP contribution is -2.24. The van der Waals surface area contributed by atoms with E-state index in [4.69, 9.17) is 10.5 Å². The molecule has 0 radical (unpaired) electrons. The van der Waals surface area contributed by atoms with Crippen molar-refractivity contribution in [2.45, 2.75) is 0 Å². The highest BCUT2D eigenvalue weighted by atomic mass is 19.1. The number of carbonyl (C=O) groups excluding carboxylic acids is 2. The minimum absolute atomic E-state index is 0.0105. The molecule has 4 rings (SSSR count). The Balaban J connectivity index is 1.94. The number of hydrogen-bond acceptors (Lipinski definition) is 5. The van der Waals surface area contributed by atoms with Crippen molar-refractivity contribution in [3.05, 3.63) is 81.9 Å². The minimum atomic E-state index is -0.719. The van der Waals surface area contributed by atoms with E-state index < -0.39 is 23.2 Å². The first-order valence-electron chi connectivity index (χ1n) is 7.90. The summed E-state index contributed by atoms with van der Waals surface area (Å²) in [4.78, 5) is 36.4. The third-order valence-corrected chi connectivity index (χ3v) is 4.09. The molecule has 2 heterocycles. The first-order chi connectivity index (χ1) is 13.0. The van der Waals surface area contributed by atoms with Crippen LogP contribution in [-0.2, 0) is 0 Å². The van der Waals surface area contributed by atoms with Gasteiger partial charge in [-0.15, -0.1) is 0 Å². The Kier molecular flexibility index (Phi) is 3.73. The van der Waals surface area contributed by atoms with E-state index in [0.29, 0.717) is 5.75 Å². The van der Waals surface area contributed by atoms with Crippen molar-refractivity contribution in [1.29, 1.82) is 0 Å². The number of pyridine rings is 1. The fraction of sp³-hybridized carbons (Fsp3) is 0. The highest BCUT2D eigenvalue weighted by Crippen LogP contribution is 2.31. The first-order valence-corrected chi connectivity index (χ1v) is 7.90. The van der Waals surface area contributed by atoms with Crippen molar-refractivity contribution in [1.82, 2.24) is 9.88 Å². The molecule has 0 spiro atoms. The fourth-order valence-corrected chi connectivity index (χ4v) is 2.89. The van der Waals surface area contributed by atoms with Gasteiger partial charge in [-0.25, -0.2) is 4.39 Å². The van der Waals surface area contributed by atoms with Crippen LogP contribution in [0.4, 0.5) is 10.2 Å².